The lowest BCUT2D eigenvalue weighted by molar-refractivity contribution is -0.123. The number of nitrogens with two attached hydrogens (primary N) is 1. The van der Waals surface area contributed by atoms with Crippen molar-refractivity contribution in [3.05, 3.63) is 34.9 Å². The number of piperidine rings is 1. The molecule has 1 aromatic rings. The molecule has 3 nitrogen and oxygen atoms in total. The van der Waals surface area contributed by atoms with E-state index in [-0.39, 0.29) is 17.9 Å². The number of carbonyl (C=O) groups is 1. The average molecular weight is 267 g/mol. The Morgan fingerprint density at radius 3 is 2.56 bits per heavy atom. The molecule has 1 aliphatic heterocycles. The maximum Gasteiger partial charge on any atom is 0.220 e. The molecule has 0 unspecified atom stereocenters. The van der Waals surface area contributed by atoms with Crippen molar-refractivity contribution in [1.82, 2.24) is 4.90 Å². The molecule has 0 aliphatic carbocycles. The summed E-state index contributed by atoms with van der Waals surface area (Å²) in [4.78, 5) is 13.5. The van der Waals surface area contributed by atoms with Crippen LogP contribution in [0.3, 0.4) is 0 Å². The maximum atomic E-state index is 11.1. The van der Waals surface area contributed by atoms with Gasteiger partial charge in [0, 0.05) is 17.0 Å². The molecule has 0 bridgehead atoms. The minimum absolute atomic E-state index is 0.0414. The van der Waals surface area contributed by atoms with Gasteiger partial charge in [-0.3, -0.25) is 9.69 Å². The first-order chi connectivity index (χ1) is 8.59. The summed E-state index contributed by atoms with van der Waals surface area (Å²) < 4.78 is 0. The fraction of sp³-hybridized carbons (Fsp3) is 0.500. The molecule has 1 fully saturated rings. The van der Waals surface area contributed by atoms with Gasteiger partial charge in [-0.2, -0.15) is 0 Å². The molecule has 1 atom stereocenters. The third-order valence-corrected chi connectivity index (χ3v) is 4.18. The summed E-state index contributed by atoms with van der Waals surface area (Å²) in [7, 11) is 0. The van der Waals surface area contributed by atoms with E-state index in [0.717, 1.165) is 36.5 Å². The van der Waals surface area contributed by atoms with Gasteiger partial charge in [-0.1, -0.05) is 29.8 Å². The minimum Gasteiger partial charge on any atom is -0.369 e. The number of amides is 1. The topological polar surface area (TPSA) is 46.3 Å². The number of carbonyl (C=O) groups excluding carboxylic acids is 1. The van der Waals surface area contributed by atoms with E-state index in [1.807, 2.05) is 18.2 Å². The zero-order valence-corrected chi connectivity index (χ0v) is 11.4. The smallest absolute Gasteiger partial charge is 0.220 e. The summed E-state index contributed by atoms with van der Waals surface area (Å²) in [5.74, 6) is -0.125. The van der Waals surface area contributed by atoms with Crippen molar-refractivity contribution in [3.8, 4) is 0 Å². The van der Waals surface area contributed by atoms with E-state index in [4.69, 9.17) is 17.3 Å². The van der Waals surface area contributed by atoms with Crippen molar-refractivity contribution in [3.63, 3.8) is 0 Å². The molecule has 1 aliphatic rings. The van der Waals surface area contributed by atoms with Gasteiger partial charge in [0.1, 0.15) is 0 Å². The zero-order chi connectivity index (χ0) is 13.1. The highest BCUT2D eigenvalue weighted by molar-refractivity contribution is 6.31. The van der Waals surface area contributed by atoms with E-state index in [1.165, 1.54) is 0 Å². The van der Waals surface area contributed by atoms with Crippen LogP contribution in [-0.2, 0) is 4.79 Å². The Morgan fingerprint density at radius 2 is 2.00 bits per heavy atom. The highest BCUT2D eigenvalue weighted by atomic mass is 35.5. The van der Waals surface area contributed by atoms with Crippen LogP contribution in [0.5, 0.6) is 0 Å². The summed E-state index contributed by atoms with van der Waals surface area (Å²) in [5.41, 5.74) is 6.50. The van der Waals surface area contributed by atoms with Crippen molar-refractivity contribution in [2.75, 3.05) is 13.1 Å². The van der Waals surface area contributed by atoms with Crippen molar-refractivity contribution in [1.29, 1.82) is 0 Å². The number of primary amides is 1. The molecule has 98 valence electrons. The summed E-state index contributed by atoms with van der Waals surface area (Å²) in [6.07, 6.45) is 1.70. The number of hydrogen-bond donors (Lipinski definition) is 1. The van der Waals surface area contributed by atoms with Crippen LogP contribution in [0.25, 0.3) is 0 Å². The van der Waals surface area contributed by atoms with Crippen LogP contribution in [0, 0.1) is 5.92 Å². The van der Waals surface area contributed by atoms with Gasteiger partial charge >= 0.3 is 0 Å². The van der Waals surface area contributed by atoms with Crippen molar-refractivity contribution in [2.45, 2.75) is 25.8 Å². The van der Waals surface area contributed by atoms with Gasteiger partial charge in [0.05, 0.1) is 0 Å². The van der Waals surface area contributed by atoms with Gasteiger partial charge < -0.3 is 5.73 Å². The van der Waals surface area contributed by atoms with E-state index in [1.54, 1.807) is 0 Å². The van der Waals surface area contributed by atoms with Crippen molar-refractivity contribution >= 4 is 17.5 Å². The highest BCUT2D eigenvalue weighted by Gasteiger charge is 2.26. The summed E-state index contributed by atoms with van der Waals surface area (Å²) >= 11 is 6.22. The predicted molar refractivity (Wildman–Crippen MR) is 73.4 cm³/mol. The number of halogens is 1. The molecule has 0 saturated carbocycles. The Kier molecular flexibility index (Phi) is 4.25. The van der Waals surface area contributed by atoms with E-state index in [2.05, 4.69) is 17.9 Å². The first-order valence-corrected chi connectivity index (χ1v) is 6.75. The van der Waals surface area contributed by atoms with Crippen molar-refractivity contribution in [2.24, 2.45) is 11.7 Å². The quantitative estimate of drug-likeness (QED) is 0.914. The lowest BCUT2D eigenvalue weighted by Gasteiger charge is -2.35. The Bertz CT molecular complexity index is 428. The number of rotatable bonds is 3. The van der Waals surface area contributed by atoms with Crippen LogP contribution in [-0.4, -0.2) is 23.9 Å². The summed E-state index contributed by atoms with van der Waals surface area (Å²) in [6, 6.07) is 8.22. The lowest BCUT2D eigenvalue weighted by Crippen LogP contribution is -2.39. The molecule has 1 amide bonds. The molecule has 2 N–H and O–H groups in total. The molecule has 2 rings (SSSR count). The second kappa shape index (κ2) is 5.72. The number of hydrogen-bond acceptors (Lipinski definition) is 2. The largest absolute Gasteiger partial charge is 0.369 e. The van der Waals surface area contributed by atoms with Gasteiger partial charge in [-0.25, -0.2) is 0 Å². The van der Waals surface area contributed by atoms with E-state index < -0.39 is 0 Å². The first kappa shape index (κ1) is 13.4. The second-order valence-corrected chi connectivity index (χ2v) is 5.32. The highest BCUT2D eigenvalue weighted by Crippen LogP contribution is 2.30. The van der Waals surface area contributed by atoms with Gasteiger partial charge in [0.25, 0.3) is 0 Å². The van der Waals surface area contributed by atoms with Crippen LogP contribution < -0.4 is 5.73 Å². The molecule has 4 heteroatoms. The van der Waals surface area contributed by atoms with Crippen LogP contribution >= 0.6 is 11.6 Å². The van der Waals surface area contributed by atoms with E-state index in [0.29, 0.717) is 0 Å². The molecule has 18 heavy (non-hydrogen) atoms. The normalized spacial score (nSPS) is 19.7. The Hall–Kier alpha value is -1.06. The summed E-state index contributed by atoms with van der Waals surface area (Å²) in [5, 5.41) is 0.807. The molecular formula is C14H19ClN2O. The predicted octanol–water partition coefficient (Wildman–Crippen LogP) is 2.60. The Balaban J connectivity index is 2.02. The average Bonchev–Trinajstić information content (AvgIpc) is 2.38. The molecule has 1 heterocycles. The molecule has 0 aromatic heterocycles. The first-order valence-electron chi connectivity index (χ1n) is 6.37. The summed E-state index contributed by atoms with van der Waals surface area (Å²) in [6.45, 7) is 3.96. The van der Waals surface area contributed by atoms with Gasteiger partial charge in [0.2, 0.25) is 5.91 Å². The van der Waals surface area contributed by atoms with Gasteiger partial charge in [0.15, 0.2) is 0 Å². The van der Waals surface area contributed by atoms with Gasteiger partial charge in [-0.15, -0.1) is 0 Å². The lowest BCUT2D eigenvalue weighted by atomic mass is 9.94. The molecule has 0 spiro atoms. The molecule has 1 saturated heterocycles. The Labute approximate surface area is 113 Å². The number of benzene rings is 1. The maximum absolute atomic E-state index is 11.1. The zero-order valence-electron chi connectivity index (χ0n) is 10.6. The molecule has 1 aromatic carbocycles. The second-order valence-electron chi connectivity index (χ2n) is 4.91. The minimum atomic E-state index is -0.167. The van der Waals surface area contributed by atoms with Gasteiger partial charge in [-0.05, 0) is 44.5 Å². The third kappa shape index (κ3) is 2.85. The van der Waals surface area contributed by atoms with Crippen LogP contribution in [0.4, 0.5) is 0 Å². The molecular weight excluding hydrogens is 248 g/mol. The SMILES string of the molecule is C[C@@H](c1ccccc1Cl)N1CCC(C(N)=O)CC1. The van der Waals surface area contributed by atoms with E-state index >= 15 is 0 Å². The fourth-order valence-corrected chi connectivity index (χ4v) is 2.88. The Morgan fingerprint density at radius 1 is 1.39 bits per heavy atom. The third-order valence-electron chi connectivity index (χ3n) is 3.83. The van der Waals surface area contributed by atoms with Crippen molar-refractivity contribution < 1.29 is 4.79 Å². The van der Waals surface area contributed by atoms with Crippen LogP contribution in [0.1, 0.15) is 31.4 Å². The fourth-order valence-electron chi connectivity index (χ4n) is 2.58. The number of nitrogens with zero attached hydrogens (tertiary/aromatic N) is 1. The number of likely N-dealkylation sites (tertiary alicyclic amines) is 1. The molecule has 0 radical (unpaired) electrons. The van der Waals surface area contributed by atoms with Crippen LogP contribution in [0.15, 0.2) is 24.3 Å². The standard InChI is InChI=1S/C14H19ClN2O/c1-10(12-4-2-3-5-13(12)15)17-8-6-11(7-9-17)14(16)18/h2-5,10-11H,6-9H2,1H3,(H2,16,18)/t10-/m0/s1. The monoisotopic (exact) mass is 266 g/mol. The van der Waals surface area contributed by atoms with Crippen LogP contribution in [0.2, 0.25) is 5.02 Å². The van der Waals surface area contributed by atoms with E-state index in [9.17, 15) is 4.79 Å².